The van der Waals surface area contributed by atoms with Gasteiger partial charge in [-0.25, -0.2) is 4.68 Å². The molecule has 5 heteroatoms. The first-order chi connectivity index (χ1) is 14.7. The van der Waals surface area contributed by atoms with Gasteiger partial charge in [-0.05, 0) is 53.8 Å². The van der Waals surface area contributed by atoms with Crippen LogP contribution in [0.25, 0.3) is 11.5 Å². The summed E-state index contributed by atoms with van der Waals surface area (Å²) in [5, 5.41) is 4.61. The number of hydrogen-bond donors (Lipinski definition) is 0. The van der Waals surface area contributed by atoms with Crippen LogP contribution < -0.4 is 0 Å². The van der Waals surface area contributed by atoms with Crippen LogP contribution in [0.1, 0.15) is 34.0 Å². The van der Waals surface area contributed by atoms with Gasteiger partial charge in [0.2, 0.25) is 0 Å². The van der Waals surface area contributed by atoms with Gasteiger partial charge in [0.15, 0.2) is 5.82 Å². The van der Waals surface area contributed by atoms with Crippen LogP contribution in [0.4, 0.5) is 0 Å². The van der Waals surface area contributed by atoms with E-state index in [1.165, 1.54) is 16.7 Å². The molecule has 150 valence electrons. The molecule has 5 rings (SSSR count). The third-order valence-electron chi connectivity index (χ3n) is 5.83. The van der Waals surface area contributed by atoms with Gasteiger partial charge in [-0.3, -0.25) is 4.79 Å². The van der Waals surface area contributed by atoms with Crippen LogP contribution >= 0.6 is 0 Å². The Morgan fingerprint density at radius 3 is 2.43 bits per heavy atom. The molecular formula is C25H24N4O. The minimum atomic E-state index is 0.0182. The lowest BCUT2D eigenvalue weighted by molar-refractivity contribution is 0.0734. The van der Waals surface area contributed by atoms with Gasteiger partial charge in [-0.1, -0.05) is 43.3 Å². The number of fused-ring (bicyclic) bond motifs is 1. The Hall–Kier alpha value is -3.60. The maximum Gasteiger partial charge on any atom is 0.259 e. The summed E-state index contributed by atoms with van der Waals surface area (Å²) in [6.07, 6.45) is 7.48. The summed E-state index contributed by atoms with van der Waals surface area (Å²) in [7, 11) is 0. The Bertz CT molecular complexity index is 1170. The van der Waals surface area contributed by atoms with Gasteiger partial charge >= 0.3 is 0 Å². The number of carbonyl (C=O) groups excluding carboxylic acids is 1. The van der Waals surface area contributed by atoms with Crippen molar-refractivity contribution in [3.05, 3.63) is 102 Å². The summed E-state index contributed by atoms with van der Waals surface area (Å²) < 4.78 is 3.82. The van der Waals surface area contributed by atoms with E-state index in [4.69, 9.17) is 0 Å². The van der Waals surface area contributed by atoms with Gasteiger partial charge in [-0.2, -0.15) is 5.10 Å². The van der Waals surface area contributed by atoms with Gasteiger partial charge in [-0.15, -0.1) is 0 Å². The van der Waals surface area contributed by atoms with Crippen molar-refractivity contribution < 1.29 is 4.79 Å². The van der Waals surface area contributed by atoms with Gasteiger partial charge in [0, 0.05) is 25.5 Å². The smallest absolute Gasteiger partial charge is 0.259 e. The lowest BCUT2D eigenvalue weighted by atomic mass is 9.99. The Balaban J connectivity index is 1.54. The molecule has 0 N–H and O–H groups in total. The van der Waals surface area contributed by atoms with Crippen LogP contribution in [0.3, 0.4) is 0 Å². The normalized spacial score (nSPS) is 13.3. The molecule has 0 saturated heterocycles. The average Bonchev–Trinajstić information content (AvgIpc) is 3.48. The van der Waals surface area contributed by atoms with E-state index >= 15 is 0 Å². The summed E-state index contributed by atoms with van der Waals surface area (Å²) in [5.41, 5.74) is 5.39. The summed E-state index contributed by atoms with van der Waals surface area (Å²) >= 11 is 0. The predicted octanol–water partition coefficient (Wildman–Crippen LogP) is 4.42. The monoisotopic (exact) mass is 396 g/mol. The second-order valence-corrected chi connectivity index (χ2v) is 7.65. The molecule has 0 aliphatic carbocycles. The lowest BCUT2D eigenvalue weighted by Crippen LogP contribution is -2.36. The third kappa shape index (κ3) is 3.22. The van der Waals surface area contributed by atoms with Crippen LogP contribution in [0, 0.1) is 0 Å². The van der Waals surface area contributed by atoms with E-state index in [-0.39, 0.29) is 5.91 Å². The highest BCUT2D eigenvalue weighted by atomic mass is 16.2. The molecule has 0 unspecified atom stereocenters. The molecule has 0 atom stereocenters. The third-order valence-corrected chi connectivity index (χ3v) is 5.83. The van der Waals surface area contributed by atoms with Crippen molar-refractivity contribution in [2.24, 2.45) is 0 Å². The fourth-order valence-corrected chi connectivity index (χ4v) is 4.12. The predicted molar refractivity (Wildman–Crippen MR) is 117 cm³/mol. The minimum Gasteiger partial charge on any atom is -0.334 e. The number of aryl methyl sites for hydroxylation is 1. The lowest BCUT2D eigenvalue weighted by Gasteiger charge is -2.29. The molecule has 0 fully saturated rings. The fourth-order valence-electron chi connectivity index (χ4n) is 4.12. The molecule has 1 amide bonds. The average molecular weight is 396 g/mol. The number of aromatic nitrogens is 3. The Kier molecular flexibility index (Phi) is 4.71. The SMILES string of the molecule is CCc1ccc(-n2ncc(C(=O)N3CCc4ccccc4C3)c2-n2cccc2)cc1. The molecule has 0 spiro atoms. The zero-order chi connectivity index (χ0) is 20.5. The van der Waals surface area contributed by atoms with E-state index in [1.54, 1.807) is 6.20 Å². The van der Waals surface area contributed by atoms with Gasteiger partial charge < -0.3 is 9.47 Å². The molecule has 4 aromatic rings. The molecule has 1 aliphatic rings. The van der Waals surface area contributed by atoms with Crippen molar-refractivity contribution in [3.8, 4) is 11.5 Å². The molecule has 3 heterocycles. The van der Waals surface area contributed by atoms with Gasteiger partial charge in [0.05, 0.1) is 11.9 Å². The second kappa shape index (κ2) is 7.67. The Morgan fingerprint density at radius 1 is 0.967 bits per heavy atom. The highest BCUT2D eigenvalue weighted by molar-refractivity contribution is 5.97. The van der Waals surface area contributed by atoms with Crippen LogP contribution in [-0.2, 0) is 19.4 Å². The number of hydrogen-bond acceptors (Lipinski definition) is 2. The van der Waals surface area contributed by atoms with Crippen molar-refractivity contribution in [2.75, 3.05) is 6.54 Å². The molecule has 0 bridgehead atoms. The van der Waals surface area contributed by atoms with Crippen LogP contribution in [-0.4, -0.2) is 31.7 Å². The highest BCUT2D eigenvalue weighted by Crippen LogP contribution is 2.25. The zero-order valence-electron chi connectivity index (χ0n) is 17.0. The van der Waals surface area contributed by atoms with Crippen molar-refractivity contribution in [1.82, 2.24) is 19.2 Å². The van der Waals surface area contributed by atoms with Crippen molar-refractivity contribution >= 4 is 5.91 Å². The van der Waals surface area contributed by atoms with E-state index < -0.39 is 0 Å². The number of amides is 1. The number of nitrogens with zero attached hydrogens (tertiary/aromatic N) is 4. The quantitative estimate of drug-likeness (QED) is 0.512. The molecule has 5 nitrogen and oxygen atoms in total. The van der Waals surface area contributed by atoms with Gasteiger partial charge in [0.1, 0.15) is 5.56 Å². The Morgan fingerprint density at radius 2 is 1.70 bits per heavy atom. The summed E-state index contributed by atoms with van der Waals surface area (Å²) in [4.78, 5) is 15.5. The molecule has 1 aliphatic heterocycles. The summed E-state index contributed by atoms with van der Waals surface area (Å²) in [6, 6.07) is 20.6. The molecule has 2 aromatic heterocycles. The maximum atomic E-state index is 13.5. The van der Waals surface area contributed by atoms with E-state index in [0.29, 0.717) is 12.1 Å². The minimum absolute atomic E-state index is 0.0182. The fraction of sp³-hybridized carbons (Fsp3) is 0.200. The van der Waals surface area contributed by atoms with Crippen LogP contribution in [0.5, 0.6) is 0 Å². The van der Waals surface area contributed by atoms with E-state index in [2.05, 4.69) is 54.5 Å². The van der Waals surface area contributed by atoms with E-state index in [1.807, 2.05) is 44.7 Å². The number of carbonyl (C=O) groups is 1. The zero-order valence-corrected chi connectivity index (χ0v) is 17.0. The topological polar surface area (TPSA) is 43.1 Å². The first-order valence-electron chi connectivity index (χ1n) is 10.4. The van der Waals surface area contributed by atoms with E-state index in [9.17, 15) is 4.79 Å². The summed E-state index contributed by atoms with van der Waals surface area (Å²) in [5.74, 6) is 0.790. The molecule has 30 heavy (non-hydrogen) atoms. The summed E-state index contributed by atoms with van der Waals surface area (Å²) in [6.45, 7) is 3.50. The van der Waals surface area contributed by atoms with Crippen LogP contribution in [0.15, 0.2) is 79.3 Å². The van der Waals surface area contributed by atoms with Gasteiger partial charge in [0.25, 0.3) is 5.91 Å². The van der Waals surface area contributed by atoms with Crippen molar-refractivity contribution in [3.63, 3.8) is 0 Å². The van der Waals surface area contributed by atoms with Crippen molar-refractivity contribution in [1.29, 1.82) is 0 Å². The van der Waals surface area contributed by atoms with E-state index in [0.717, 1.165) is 30.9 Å². The number of rotatable bonds is 4. The number of benzene rings is 2. The van der Waals surface area contributed by atoms with Crippen molar-refractivity contribution in [2.45, 2.75) is 26.3 Å². The standard InChI is InChI=1S/C25H24N4O/c1-2-19-9-11-22(12-10-19)29-24(27-14-5-6-15-27)23(17-26-29)25(30)28-16-13-20-7-3-4-8-21(20)18-28/h3-12,14-15,17H,2,13,16,18H2,1H3. The maximum absolute atomic E-state index is 13.5. The molecule has 0 saturated carbocycles. The highest BCUT2D eigenvalue weighted by Gasteiger charge is 2.27. The second-order valence-electron chi connectivity index (χ2n) is 7.65. The van der Waals surface area contributed by atoms with Crippen LogP contribution in [0.2, 0.25) is 0 Å². The molecule has 2 aromatic carbocycles. The first-order valence-corrected chi connectivity index (χ1v) is 10.4. The molecular weight excluding hydrogens is 372 g/mol. The largest absolute Gasteiger partial charge is 0.334 e. The first kappa shape index (κ1) is 18.4. The Labute approximate surface area is 176 Å². The molecule has 0 radical (unpaired) electrons.